The minimum absolute atomic E-state index is 0.849. The molecule has 0 spiro atoms. The molecule has 0 saturated carbocycles. The maximum atomic E-state index is 5.65. The summed E-state index contributed by atoms with van der Waals surface area (Å²) in [6.45, 7) is 5.65. The van der Waals surface area contributed by atoms with Gasteiger partial charge in [0.25, 0.3) is 0 Å². The summed E-state index contributed by atoms with van der Waals surface area (Å²) >= 11 is 0. The van der Waals surface area contributed by atoms with Gasteiger partial charge in [-0.25, -0.2) is 0 Å². The molecular formula is C15H15NO. The number of furan rings is 1. The molecule has 2 heteroatoms. The standard InChI is InChI=1S/C15H15NO/c1-4-6-12-7-5-8-13(15(12)16-3)14-10-9-11(2)17-14/h4-10H,1H2,2-3H3/b12-6-,16-15?. The van der Waals surface area contributed by atoms with Gasteiger partial charge in [0.05, 0.1) is 5.71 Å². The van der Waals surface area contributed by atoms with Gasteiger partial charge in [-0.1, -0.05) is 30.9 Å². The van der Waals surface area contributed by atoms with Gasteiger partial charge in [-0.3, -0.25) is 4.99 Å². The van der Waals surface area contributed by atoms with Crippen LogP contribution in [-0.2, 0) is 0 Å². The van der Waals surface area contributed by atoms with Gasteiger partial charge >= 0.3 is 0 Å². The summed E-state index contributed by atoms with van der Waals surface area (Å²) in [4.78, 5) is 4.34. The molecule has 0 aromatic carbocycles. The molecule has 2 rings (SSSR count). The molecule has 17 heavy (non-hydrogen) atoms. The third-order valence-electron chi connectivity index (χ3n) is 2.59. The zero-order valence-electron chi connectivity index (χ0n) is 10.1. The average Bonchev–Trinajstić information content (AvgIpc) is 2.76. The Morgan fingerprint density at radius 2 is 2.18 bits per heavy atom. The number of hydrogen-bond donors (Lipinski definition) is 0. The summed E-state index contributed by atoms with van der Waals surface area (Å²) in [6.07, 6.45) is 9.74. The zero-order valence-corrected chi connectivity index (χ0v) is 10.1. The molecule has 1 aromatic rings. The first kappa shape index (κ1) is 11.4. The number of aliphatic imine (C=N–C) groups is 1. The molecule has 0 saturated heterocycles. The fourth-order valence-electron chi connectivity index (χ4n) is 1.85. The normalized spacial score (nSPS) is 19.8. The molecular weight excluding hydrogens is 210 g/mol. The van der Waals surface area contributed by atoms with Crippen LogP contribution in [0.25, 0.3) is 5.57 Å². The van der Waals surface area contributed by atoms with Crippen molar-refractivity contribution in [1.82, 2.24) is 0 Å². The summed E-state index contributed by atoms with van der Waals surface area (Å²) in [6, 6.07) is 3.93. The second-order valence-electron chi connectivity index (χ2n) is 3.78. The van der Waals surface area contributed by atoms with Crippen LogP contribution in [0.2, 0.25) is 0 Å². The summed E-state index contributed by atoms with van der Waals surface area (Å²) in [5.74, 6) is 1.75. The van der Waals surface area contributed by atoms with Crippen molar-refractivity contribution in [3.8, 4) is 0 Å². The third kappa shape index (κ3) is 2.21. The highest BCUT2D eigenvalue weighted by Gasteiger charge is 2.16. The molecule has 0 unspecified atom stereocenters. The molecule has 0 aliphatic heterocycles. The smallest absolute Gasteiger partial charge is 0.136 e. The van der Waals surface area contributed by atoms with Gasteiger partial charge < -0.3 is 4.42 Å². The molecule has 0 bridgehead atoms. The highest BCUT2D eigenvalue weighted by Crippen LogP contribution is 2.26. The molecule has 0 radical (unpaired) electrons. The van der Waals surface area contributed by atoms with Gasteiger partial charge in [-0.15, -0.1) is 0 Å². The van der Waals surface area contributed by atoms with Crippen molar-refractivity contribution < 1.29 is 4.42 Å². The molecule has 86 valence electrons. The third-order valence-corrected chi connectivity index (χ3v) is 2.59. The van der Waals surface area contributed by atoms with E-state index in [-0.39, 0.29) is 0 Å². The van der Waals surface area contributed by atoms with E-state index < -0.39 is 0 Å². The first-order valence-corrected chi connectivity index (χ1v) is 5.51. The van der Waals surface area contributed by atoms with Crippen molar-refractivity contribution in [1.29, 1.82) is 0 Å². The Hall–Kier alpha value is -2.09. The molecule has 0 fully saturated rings. The SMILES string of the molecule is C=C/C=C1/C=CC=C(c2ccc(C)o2)C1=NC. The van der Waals surface area contributed by atoms with E-state index in [0.717, 1.165) is 28.4 Å². The van der Waals surface area contributed by atoms with Crippen LogP contribution in [0.1, 0.15) is 11.5 Å². The van der Waals surface area contributed by atoms with Crippen LogP contribution < -0.4 is 0 Å². The van der Waals surface area contributed by atoms with Gasteiger partial charge in [0.2, 0.25) is 0 Å². The van der Waals surface area contributed by atoms with Crippen molar-refractivity contribution in [2.24, 2.45) is 4.99 Å². The molecule has 1 aliphatic carbocycles. The van der Waals surface area contributed by atoms with Crippen molar-refractivity contribution in [2.75, 3.05) is 7.05 Å². The van der Waals surface area contributed by atoms with E-state index in [1.807, 2.05) is 43.4 Å². The van der Waals surface area contributed by atoms with Crippen LogP contribution in [0.3, 0.4) is 0 Å². The Morgan fingerprint density at radius 1 is 1.35 bits per heavy atom. The van der Waals surface area contributed by atoms with Crippen LogP contribution in [0.5, 0.6) is 0 Å². The predicted molar refractivity (Wildman–Crippen MR) is 72.2 cm³/mol. The number of aryl methyl sites for hydroxylation is 1. The summed E-state index contributed by atoms with van der Waals surface area (Å²) in [7, 11) is 1.79. The topological polar surface area (TPSA) is 25.5 Å². The minimum atomic E-state index is 0.849. The number of nitrogens with zero attached hydrogens (tertiary/aromatic N) is 1. The van der Waals surface area contributed by atoms with Crippen LogP contribution in [0.15, 0.2) is 64.1 Å². The Balaban J connectivity index is 2.47. The van der Waals surface area contributed by atoms with Crippen LogP contribution in [0, 0.1) is 6.92 Å². The van der Waals surface area contributed by atoms with Gasteiger partial charge in [-0.2, -0.15) is 0 Å². The van der Waals surface area contributed by atoms with Gasteiger partial charge in [-0.05, 0) is 25.1 Å². The van der Waals surface area contributed by atoms with Crippen LogP contribution >= 0.6 is 0 Å². The Morgan fingerprint density at radius 3 is 2.76 bits per heavy atom. The molecule has 0 atom stereocenters. The van der Waals surface area contributed by atoms with E-state index in [4.69, 9.17) is 4.42 Å². The number of rotatable bonds is 2. The summed E-state index contributed by atoms with van der Waals surface area (Å²) in [5, 5.41) is 0. The first-order chi connectivity index (χ1) is 8.26. The largest absolute Gasteiger partial charge is 0.461 e. The van der Waals surface area contributed by atoms with Gasteiger partial charge in [0.1, 0.15) is 11.5 Å². The van der Waals surface area contributed by atoms with Crippen LogP contribution in [-0.4, -0.2) is 12.8 Å². The summed E-state index contributed by atoms with van der Waals surface area (Å²) in [5.41, 5.74) is 2.99. The van der Waals surface area contributed by atoms with E-state index in [1.165, 1.54) is 0 Å². The molecule has 1 aliphatic rings. The predicted octanol–water partition coefficient (Wildman–Crippen LogP) is 3.72. The lowest BCUT2D eigenvalue weighted by molar-refractivity contribution is 0.523. The Bertz CT molecular complexity index is 553. The van der Waals surface area contributed by atoms with Crippen molar-refractivity contribution in [3.05, 3.63) is 66.2 Å². The van der Waals surface area contributed by atoms with Crippen molar-refractivity contribution >= 4 is 11.3 Å². The molecule has 1 heterocycles. The fraction of sp³-hybridized carbons (Fsp3) is 0.133. The first-order valence-electron chi connectivity index (χ1n) is 5.51. The molecule has 0 N–H and O–H groups in total. The maximum absolute atomic E-state index is 5.65. The van der Waals surface area contributed by atoms with Crippen molar-refractivity contribution in [2.45, 2.75) is 6.92 Å². The quantitative estimate of drug-likeness (QED) is 0.753. The molecule has 0 amide bonds. The van der Waals surface area contributed by atoms with Crippen molar-refractivity contribution in [3.63, 3.8) is 0 Å². The zero-order chi connectivity index (χ0) is 12.3. The lowest BCUT2D eigenvalue weighted by Gasteiger charge is -2.12. The summed E-state index contributed by atoms with van der Waals surface area (Å²) < 4.78 is 5.65. The highest BCUT2D eigenvalue weighted by atomic mass is 16.3. The number of hydrogen-bond acceptors (Lipinski definition) is 2. The van der Waals surface area contributed by atoms with E-state index in [9.17, 15) is 0 Å². The van der Waals surface area contributed by atoms with E-state index in [1.54, 1.807) is 13.1 Å². The second-order valence-corrected chi connectivity index (χ2v) is 3.78. The van der Waals surface area contributed by atoms with E-state index >= 15 is 0 Å². The highest BCUT2D eigenvalue weighted by molar-refractivity contribution is 6.33. The van der Waals surface area contributed by atoms with E-state index in [0.29, 0.717) is 0 Å². The Labute approximate surface area is 101 Å². The van der Waals surface area contributed by atoms with Gasteiger partial charge in [0, 0.05) is 18.2 Å². The Kier molecular flexibility index (Phi) is 3.24. The van der Waals surface area contributed by atoms with Gasteiger partial charge in [0.15, 0.2) is 0 Å². The number of allylic oxidation sites excluding steroid dienone is 7. The molecule has 2 nitrogen and oxygen atoms in total. The van der Waals surface area contributed by atoms with E-state index in [2.05, 4.69) is 11.6 Å². The lowest BCUT2D eigenvalue weighted by Crippen LogP contribution is -2.07. The maximum Gasteiger partial charge on any atom is 0.136 e. The second kappa shape index (κ2) is 4.83. The lowest BCUT2D eigenvalue weighted by atomic mass is 9.95. The molecule has 1 aromatic heterocycles. The minimum Gasteiger partial charge on any atom is -0.461 e. The fourth-order valence-corrected chi connectivity index (χ4v) is 1.85. The monoisotopic (exact) mass is 225 g/mol. The van der Waals surface area contributed by atoms with Crippen LogP contribution in [0.4, 0.5) is 0 Å². The average molecular weight is 225 g/mol.